The number of piperidine rings is 2. The minimum Gasteiger partial charge on any atom is -0.379 e. The van der Waals surface area contributed by atoms with E-state index in [2.05, 4.69) is 25.8 Å². The maximum absolute atomic E-state index is 12.2. The van der Waals surface area contributed by atoms with Gasteiger partial charge in [0.25, 0.3) is 0 Å². The zero-order valence-electron chi connectivity index (χ0n) is 16.5. The summed E-state index contributed by atoms with van der Waals surface area (Å²) in [6.07, 6.45) is 5.96. The Morgan fingerprint density at radius 3 is 2.32 bits per heavy atom. The Bertz CT molecular complexity index is 375. The molecule has 0 aliphatic carbocycles. The van der Waals surface area contributed by atoms with E-state index in [1.54, 1.807) is 0 Å². The molecule has 0 bridgehead atoms. The zero-order valence-corrected chi connectivity index (χ0v) is 16.5. The van der Waals surface area contributed by atoms with Crippen molar-refractivity contribution in [1.29, 1.82) is 0 Å². The summed E-state index contributed by atoms with van der Waals surface area (Å²) in [5.74, 6) is 2.38. The molecule has 1 atom stereocenters. The van der Waals surface area contributed by atoms with Gasteiger partial charge in [0.15, 0.2) is 0 Å². The Hall–Kier alpha value is -0.650. The number of hydrogen-bond donors (Lipinski definition) is 0. The summed E-state index contributed by atoms with van der Waals surface area (Å²) in [5, 5.41) is 0. The molecule has 2 rings (SSSR count). The Balaban J connectivity index is 1.47. The fraction of sp³-hybridized carbons (Fsp3) is 0.950. The number of likely N-dealkylation sites (tertiary alicyclic amines) is 2. The van der Waals surface area contributed by atoms with Gasteiger partial charge in [-0.3, -0.25) is 4.79 Å². The molecule has 2 heterocycles. The molecule has 1 unspecified atom stereocenters. The highest BCUT2D eigenvalue weighted by atomic mass is 16.5. The second-order valence-electron chi connectivity index (χ2n) is 7.98. The quantitative estimate of drug-likeness (QED) is 0.597. The van der Waals surface area contributed by atoms with Gasteiger partial charge >= 0.3 is 0 Å². The molecule has 0 N–H and O–H groups in total. The third-order valence-electron chi connectivity index (χ3n) is 6.13. The average molecular weight is 355 g/mol. The summed E-state index contributed by atoms with van der Waals surface area (Å²) in [7, 11) is 2.18. The highest BCUT2D eigenvalue weighted by Crippen LogP contribution is 2.26. The number of carbonyl (C=O) groups is 1. The smallest absolute Gasteiger partial charge is 0.248 e. The van der Waals surface area contributed by atoms with E-state index in [1.807, 2.05) is 4.90 Å². The summed E-state index contributed by atoms with van der Waals surface area (Å²) in [5.41, 5.74) is 0. The van der Waals surface area contributed by atoms with Gasteiger partial charge in [0, 0.05) is 19.7 Å². The molecule has 5 nitrogen and oxygen atoms in total. The summed E-state index contributed by atoms with van der Waals surface area (Å²) in [4.78, 5) is 16.6. The second kappa shape index (κ2) is 11.1. The Morgan fingerprint density at radius 1 is 1.04 bits per heavy atom. The van der Waals surface area contributed by atoms with E-state index in [4.69, 9.17) is 9.47 Å². The molecule has 0 aromatic rings. The van der Waals surface area contributed by atoms with E-state index in [1.165, 1.54) is 32.4 Å². The Morgan fingerprint density at radius 2 is 1.68 bits per heavy atom. The summed E-state index contributed by atoms with van der Waals surface area (Å²) >= 11 is 0. The van der Waals surface area contributed by atoms with Gasteiger partial charge in [-0.25, -0.2) is 0 Å². The fourth-order valence-corrected chi connectivity index (χ4v) is 3.90. The van der Waals surface area contributed by atoms with E-state index >= 15 is 0 Å². The minimum atomic E-state index is 0.137. The van der Waals surface area contributed by atoms with Crippen molar-refractivity contribution in [2.75, 3.05) is 59.7 Å². The van der Waals surface area contributed by atoms with Crippen LogP contribution in [0.4, 0.5) is 0 Å². The van der Waals surface area contributed by atoms with E-state index in [0.29, 0.717) is 19.1 Å². The first-order valence-electron chi connectivity index (χ1n) is 10.2. The number of carbonyl (C=O) groups excluding carboxylic acids is 1. The predicted octanol–water partition coefficient (Wildman–Crippen LogP) is 2.65. The van der Waals surface area contributed by atoms with Crippen molar-refractivity contribution in [2.24, 2.45) is 17.8 Å². The van der Waals surface area contributed by atoms with Crippen LogP contribution >= 0.6 is 0 Å². The van der Waals surface area contributed by atoms with Gasteiger partial charge in [-0.05, 0) is 63.6 Å². The lowest BCUT2D eigenvalue weighted by Gasteiger charge is -2.34. The lowest BCUT2D eigenvalue weighted by molar-refractivity contribution is -0.138. The van der Waals surface area contributed by atoms with Crippen LogP contribution in [0.5, 0.6) is 0 Å². The maximum Gasteiger partial charge on any atom is 0.248 e. The molecule has 0 aromatic heterocycles. The first-order valence-corrected chi connectivity index (χ1v) is 10.2. The molecule has 146 valence electrons. The third-order valence-corrected chi connectivity index (χ3v) is 6.13. The Labute approximate surface area is 154 Å². The van der Waals surface area contributed by atoms with Crippen LogP contribution in [-0.4, -0.2) is 75.4 Å². The van der Waals surface area contributed by atoms with Crippen molar-refractivity contribution in [2.45, 2.75) is 46.0 Å². The molecule has 2 saturated heterocycles. The molecular formula is C20H38N2O3. The summed E-state index contributed by atoms with van der Waals surface area (Å²) < 4.78 is 11.2. The lowest BCUT2D eigenvalue weighted by atomic mass is 9.84. The number of hydrogen-bond acceptors (Lipinski definition) is 4. The minimum absolute atomic E-state index is 0.137. The first kappa shape index (κ1) is 20.7. The molecule has 25 heavy (non-hydrogen) atoms. The fourth-order valence-electron chi connectivity index (χ4n) is 3.90. The topological polar surface area (TPSA) is 42.0 Å². The monoisotopic (exact) mass is 354 g/mol. The number of nitrogens with zero attached hydrogens (tertiary/aromatic N) is 2. The number of rotatable bonds is 9. The lowest BCUT2D eigenvalue weighted by Crippen LogP contribution is -2.41. The van der Waals surface area contributed by atoms with E-state index in [9.17, 15) is 4.79 Å². The summed E-state index contributed by atoms with van der Waals surface area (Å²) in [6.45, 7) is 10.9. The normalized spacial score (nSPS) is 22.3. The highest BCUT2D eigenvalue weighted by Gasteiger charge is 2.25. The zero-order chi connectivity index (χ0) is 18.1. The van der Waals surface area contributed by atoms with Crippen molar-refractivity contribution in [3.05, 3.63) is 0 Å². The van der Waals surface area contributed by atoms with Crippen molar-refractivity contribution in [3.63, 3.8) is 0 Å². The van der Waals surface area contributed by atoms with Gasteiger partial charge < -0.3 is 19.3 Å². The van der Waals surface area contributed by atoms with Crippen LogP contribution in [0, 0.1) is 17.8 Å². The molecule has 0 saturated carbocycles. The van der Waals surface area contributed by atoms with Gasteiger partial charge in [-0.2, -0.15) is 0 Å². The standard InChI is InChI=1S/C20H38N2O3/c1-4-17(2)19-7-11-22(12-8-19)20(23)16-25-14-13-24-15-18-5-9-21(3)10-6-18/h17-19H,4-16H2,1-3H3. The first-order chi connectivity index (χ1) is 12.1. The molecule has 5 heteroatoms. The predicted molar refractivity (Wildman–Crippen MR) is 101 cm³/mol. The SMILES string of the molecule is CCC(C)C1CCN(C(=O)COCCOCC2CCN(C)CC2)CC1. The highest BCUT2D eigenvalue weighted by molar-refractivity contribution is 5.77. The number of amides is 1. The van der Waals surface area contributed by atoms with Crippen LogP contribution in [-0.2, 0) is 14.3 Å². The van der Waals surface area contributed by atoms with Gasteiger partial charge in [0.05, 0.1) is 13.2 Å². The van der Waals surface area contributed by atoms with Crippen molar-refractivity contribution >= 4 is 5.91 Å². The largest absolute Gasteiger partial charge is 0.379 e. The van der Waals surface area contributed by atoms with Crippen LogP contribution in [0.3, 0.4) is 0 Å². The van der Waals surface area contributed by atoms with Gasteiger partial charge in [-0.1, -0.05) is 20.3 Å². The average Bonchev–Trinajstić information content (AvgIpc) is 2.65. The second-order valence-corrected chi connectivity index (χ2v) is 7.98. The van der Waals surface area contributed by atoms with Crippen LogP contribution in [0.1, 0.15) is 46.0 Å². The Kier molecular flexibility index (Phi) is 9.21. The van der Waals surface area contributed by atoms with Crippen LogP contribution in [0.2, 0.25) is 0 Å². The van der Waals surface area contributed by atoms with E-state index in [-0.39, 0.29) is 12.5 Å². The molecule has 0 radical (unpaired) electrons. The van der Waals surface area contributed by atoms with Crippen LogP contribution in [0.15, 0.2) is 0 Å². The van der Waals surface area contributed by atoms with Crippen molar-refractivity contribution < 1.29 is 14.3 Å². The molecular weight excluding hydrogens is 316 g/mol. The molecule has 0 aromatic carbocycles. The van der Waals surface area contributed by atoms with Crippen LogP contribution < -0.4 is 0 Å². The molecule has 2 aliphatic heterocycles. The third kappa shape index (κ3) is 7.24. The van der Waals surface area contributed by atoms with Crippen molar-refractivity contribution in [3.8, 4) is 0 Å². The van der Waals surface area contributed by atoms with E-state index < -0.39 is 0 Å². The maximum atomic E-state index is 12.2. The molecule has 2 fully saturated rings. The van der Waals surface area contributed by atoms with Gasteiger partial charge in [0.2, 0.25) is 5.91 Å². The van der Waals surface area contributed by atoms with Gasteiger partial charge in [-0.15, -0.1) is 0 Å². The molecule has 1 amide bonds. The van der Waals surface area contributed by atoms with Crippen molar-refractivity contribution in [1.82, 2.24) is 9.80 Å². The molecule has 0 spiro atoms. The van der Waals surface area contributed by atoms with Crippen LogP contribution in [0.25, 0.3) is 0 Å². The molecule has 2 aliphatic rings. The van der Waals surface area contributed by atoms with Gasteiger partial charge in [0.1, 0.15) is 6.61 Å². The summed E-state index contributed by atoms with van der Waals surface area (Å²) in [6, 6.07) is 0. The number of ether oxygens (including phenoxy) is 2. The van der Waals surface area contributed by atoms with E-state index in [0.717, 1.165) is 44.4 Å².